The second kappa shape index (κ2) is 5.61. The Balaban J connectivity index is 2.72. The van der Waals surface area contributed by atoms with E-state index in [0.717, 1.165) is 0 Å². The Morgan fingerprint density at radius 1 is 1.50 bits per heavy atom. The molecule has 0 aliphatic rings. The first kappa shape index (κ1) is 12.6. The molecule has 0 unspecified atom stereocenters. The number of benzene rings is 1. The molecule has 1 aromatic rings. The van der Waals surface area contributed by atoms with Crippen LogP contribution in [0.3, 0.4) is 0 Å². The third kappa shape index (κ3) is 3.31. The first-order valence-corrected chi connectivity index (χ1v) is 5.22. The van der Waals surface area contributed by atoms with Crippen molar-refractivity contribution in [1.82, 2.24) is 5.32 Å². The first-order valence-electron chi connectivity index (χ1n) is 5.22. The maximum absolute atomic E-state index is 12.9. The lowest BCUT2D eigenvalue weighted by Gasteiger charge is -2.19. The number of halogens is 1. The third-order valence-electron chi connectivity index (χ3n) is 2.40. The zero-order valence-electron chi connectivity index (χ0n) is 9.40. The molecule has 0 radical (unpaired) electrons. The van der Waals surface area contributed by atoms with Gasteiger partial charge < -0.3 is 10.4 Å². The van der Waals surface area contributed by atoms with Gasteiger partial charge in [0.1, 0.15) is 5.82 Å². The van der Waals surface area contributed by atoms with E-state index in [9.17, 15) is 9.18 Å². The molecule has 0 fully saturated rings. The van der Waals surface area contributed by atoms with Crippen molar-refractivity contribution >= 4 is 5.91 Å². The molecule has 0 aromatic heterocycles. The molecule has 2 N–H and O–H groups in total. The molecule has 1 rings (SSSR count). The summed E-state index contributed by atoms with van der Waals surface area (Å²) in [7, 11) is 0. The summed E-state index contributed by atoms with van der Waals surface area (Å²) in [5.74, 6) is -0.687. The van der Waals surface area contributed by atoms with Crippen LogP contribution in [0.4, 0.5) is 4.39 Å². The van der Waals surface area contributed by atoms with Crippen LogP contribution in [0.5, 0.6) is 0 Å². The topological polar surface area (TPSA) is 49.3 Å². The normalized spacial score (nSPS) is 12.6. The SMILES string of the molecule is CC(C)[C@@H](CO)NC(=O)c1cccc(F)c1. The average Bonchev–Trinajstić information content (AvgIpc) is 2.25. The van der Waals surface area contributed by atoms with Gasteiger partial charge in [0.15, 0.2) is 0 Å². The molecule has 0 bridgehead atoms. The van der Waals surface area contributed by atoms with E-state index in [-0.39, 0.29) is 30.0 Å². The number of hydrogen-bond donors (Lipinski definition) is 2. The zero-order valence-corrected chi connectivity index (χ0v) is 9.40. The van der Waals surface area contributed by atoms with Crippen molar-refractivity contribution in [3.05, 3.63) is 35.6 Å². The predicted molar refractivity (Wildman–Crippen MR) is 59.6 cm³/mol. The standard InChI is InChI=1S/C12H16FNO2/c1-8(2)11(7-15)14-12(16)9-4-3-5-10(13)6-9/h3-6,8,11,15H,7H2,1-2H3,(H,14,16)/t11-/m1/s1. The molecule has 0 spiro atoms. The fourth-order valence-corrected chi connectivity index (χ4v) is 1.30. The molecule has 0 aliphatic heterocycles. The van der Waals surface area contributed by atoms with Crippen LogP contribution in [0.15, 0.2) is 24.3 Å². The Kier molecular flexibility index (Phi) is 4.43. The number of carbonyl (C=O) groups excluding carboxylic acids is 1. The van der Waals surface area contributed by atoms with E-state index in [0.29, 0.717) is 0 Å². The molecule has 0 aliphatic carbocycles. The van der Waals surface area contributed by atoms with Gasteiger partial charge in [0, 0.05) is 5.56 Å². The summed E-state index contributed by atoms with van der Waals surface area (Å²) >= 11 is 0. The lowest BCUT2D eigenvalue weighted by Crippen LogP contribution is -2.41. The quantitative estimate of drug-likeness (QED) is 0.817. The molecule has 4 heteroatoms. The van der Waals surface area contributed by atoms with Crippen molar-refractivity contribution in [3.63, 3.8) is 0 Å². The van der Waals surface area contributed by atoms with Crippen molar-refractivity contribution in [2.24, 2.45) is 5.92 Å². The molecule has 0 saturated carbocycles. The van der Waals surface area contributed by atoms with Crippen molar-refractivity contribution in [2.45, 2.75) is 19.9 Å². The lowest BCUT2D eigenvalue weighted by molar-refractivity contribution is 0.0896. The number of aliphatic hydroxyl groups is 1. The highest BCUT2D eigenvalue weighted by Crippen LogP contribution is 2.06. The predicted octanol–water partition coefficient (Wildman–Crippen LogP) is 1.57. The summed E-state index contributed by atoms with van der Waals surface area (Å²) in [6.45, 7) is 3.66. The van der Waals surface area contributed by atoms with Crippen LogP contribution in [0.2, 0.25) is 0 Å². The van der Waals surface area contributed by atoms with Gasteiger partial charge in [-0.05, 0) is 24.1 Å². The van der Waals surface area contributed by atoms with Crippen LogP contribution in [0.1, 0.15) is 24.2 Å². The van der Waals surface area contributed by atoms with Crippen LogP contribution in [0.25, 0.3) is 0 Å². The molecule has 1 atom stereocenters. The van der Waals surface area contributed by atoms with Gasteiger partial charge in [-0.25, -0.2) is 4.39 Å². The van der Waals surface area contributed by atoms with Crippen LogP contribution >= 0.6 is 0 Å². The van der Waals surface area contributed by atoms with Gasteiger partial charge in [-0.1, -0.05) is 19.9 Å². The first-order chi connectivity index (χ1) is 7.54. The van der Waals surface area contributed by atoms with E-state index in [1.165, 1.54) is 24.3 Å². The second-order valence-corrected chi connectivity index (χ2v) is 4.02. The Hall–Kier alpha value is -1.42. The highest BCUT2D eigenvalue weighted by molar-refractivity contribution is 5.94. The summed E-state index contributed by atoms with van der Waals surface area (Å²) in [6.07, 6.45) is 0. The fourth-order valence-electron chi connectivity index (χ4n) is 1.30. The summed E-state index contributed by atoms with van der Waals surface area (Å²) in [5, 5.41) is 11.7. The van der Waals surface area contributed by atoms with Gasteiger partial charge in [0.25, 0.3) is 5.91 Å². The van der Waals surface area contributed by atoms with Crippen LogP contribution in [0, 0.1) is 11.7 Å². The summed E-state index contributed by atoms with van der Waals surface area (Å²) < 4.78 is 12.9. The molecule has 88 valence electrons. The van der Waals surface area contributed by atoms with Gasteiger partial charge in [-0.2, -0.15) is 0 Å². The Labute approximate surface area is 94.3 Å². The molecule has 1 amide bonds. The minimum atomic E-state index is -0.447. The number of carbonyl (C=O) groups is 1. The third-order valence-corrected chi connectivity index (χ3v) is 2.40. The van der Waals surface area contributed by atoms with Crippen molar-refractivity contribution in [2.75, 3.05) is 6.61 Å². The highest BCUT2D eigenvalue weighted by atomic mass is 19.1. The molecular formula is C12H16FNO2. The summed E-state index contributed by atoms with van der Waals surface area (Å²) in [6, 6.07) is 5.16. The zero-order chi connectivity index (χ0) is 12.1. The van der Waals surface area contributed by atoms with E-state index in [2.05, 4.69) is 5.32 Å². The van der Waals surface area contributed by atoms with Gasteiger partial charge in [-0.3, -0.25) is 4.79 Å². The minimum absolute atomic E-state index is 0.126. The largest absolute Gasteiger partial charge is 0.394 e. The summed E-state index contributed by atoms with van der Waals surface area (Å²) in [4.78, 5) is 11.7. The van der Waals surface area contributed by atoms with Crippen molar-refractivity contribution in [1.29, 1.82) is 0 Å². The number of hydrogen-bond acceptors (Lipinski definition) is 2. The highest BCUT2D eigenvalue weighted by Gasteiger charge is 2.16. The molecule has 16 heavy (non-hydrogen) atoms. The van der Waals surface area contributed by atoms with E-state index in [1.54, 1.807) is 0 Å². The smallest absolute Gasteiger partial charge is 0.251 e. The van der Waals surface area contributed by atoms with Crippen molar-refractivity contribution in [3.8, 4) is 0 Å². The van der Waals surface area contributed by atoms with Crippen LogP contribution in [-0.4, -0.2) is 23.7 Å². The minimum Gasteiger partial charge on any atom is -0.394 e. The van der Waals surface area contributed by atoms with Gasteiger partial charge in [-0.15, -0.1) is 0 Å². The second-order valence-electron chi connectivity index (χ2n) is 4.02. The van der Waals surface area contributed by atoms with E-state index in [4.69, 9.17) is 5.11 Å². The molecule has 0 heterocycles. The van der Waals surface area contributed by atoms with E-state index in [1.807, 2.05) is 13.8 Å². The molecular weight excluding hydrogens is 209 g/mol. The Morgan fingerprint density at radius 3 is 2.69 bits per heavy atom. The maximum Gasteiger partial charge on any atom is 0.251 e. The molecule has 3 nitrogen and oxygen atoms in total. The lowest BCUT2D eigenvalue weighted by atomic mass is 10.0. The Bertz CT molecular complexity index is 366. The Morgan fingerprint density at radius 2 is 2.19 bits per heavy atom. The monoisotopic (exact) mass is 225 g/mol. The number of nitrogens with one attached hydrogen (secondary N) is 1. The number of amides is 1. The van der Waals surface area contributed by atoms with Gasteiger partial charge in [0.2, 0.25) is 0 Å². The number of aliphatic hydroxyl groups excluding tert-OH is 1. The number of rotatable bonds is 4. The van der Waals surface area contributed by atoms with Crippen LogP contribution in [-0.2, 0) is 0 Å². The van der Waals surface area contributed by atoms with Gasteiger partial charge >= 0.3 is 0 Å². The maximum atomic E-state index is 12.9. The van der Waals surface area contributed by atoms with Gasteiger partial charge in [0.05, 0.1) is 12.6 Å². The molecule has 0 saturated heterocycles. The molecule has 1 aromatic carbocycles. The van der Waals surface area contributed by atoms with E-state index < -0.39 is 5.82 Å². The summed E-state index contributed by atoms with van der Waals surface area (Å²) in [5.41, 5.74) is 0.263. The average molecular weight is 225 g/mol. The van der Waals surface area contributed by atoms with E-state index >= 15 is 0 Å². The van der Waals surface area contributed by atoms with Crippen LogP contribution < -0.4 is 5.32 Å². The fraction of sp³-hybridized carbons (Fsp3) is 0.417. The van der Waals surface area contributed by atoms with Crippen molar-refractivity contribution < 1.29 is 14.3 Å².